The molecule has 1 aromatic heterocycles. The number of aromatic nitrogens is 3. The number of carboxylic acid groups (broad SMARTS) is 1. The Morgan fingerprint density at radius 2 is 1.96 bits per heavy atom. The number of aryl methyl sites for hydroxylation is 1. The van der Waals surface area contributed by atoms with Crippen LogP contribution in [0.3, 0.4) is 0 Å². The molecular formula is C17H14FN3O2. The molecule has 0 spiro atoms. The number of nitrogens with zero attached hydrogens (tertiary/aromatic N) is 3. The minimum atomic E-state index is -0.868. The molecule has 116 valence electrons. The van der Waals surface area contributed by atoms with Crippen molar-refractivity contribution in [3.63, 3.8) is 0 Å². The smallest absolute Gasteiger partial charge is 0.307 e. The standard InChI is InChI=1S/C17H14FN3O2/c1-11-8-13(4-7-15(11)18)16-10-21(20-19-16)14-5-2-12(3-6-14)9-17(22)23/h2-8,10H,9H2,1H3,(H,22,23). The van der Waals surface area contributed by atoms with Crippen molar-refractivity contribution in [1.82, 2.24) is 15.0 Å². The zero-order valence-corrected chi connectivity index (χ0v) is 12.4. The molecule has 0 saturated carbocycles. The molecule has 2 aromatic carbocycles. The average Bonchev–Trinajstić information content (AvgIpc) is 3.00. The minimum Gasteiger partial charge on any atom is -0.481 e. The van der Waals surface area contributed by atoms with E-state index in [9.17, 15) is 9.18 Å². The summed E-state index contributed by atoms with van der Waals surface area (Å²) in [5.74, 6) is -1.12. The van der Waals surface area contributed by atoms with Crippen LogP contribution in [-0.4, -0.2) is 26.1 Å². The number of carbonyl (C=O) groups is 1. The highest BCUT2D eigenvalue weighted by Crippen LogP contribution is 2.20. The largest absolute Gasteiger partial charge is 0.481 e. The van der Waals surface area contributed by atoms with Crippen molar-refractivity contribution < 1.29 is 14.3 Å². The number of rotatable bonds is 4. The fourth-order valence-electron chi connectivity index (χ4n) is 2.27. The van der Waals surface area contributed by atoms with Crippen LogP contribution in [0.15, 0.2) is 48.7 Å². The molecule has 0 bridgehead atoms. The van der Waals surface area contributed by atoms with Crippen LogP contribution in [0.2, 0.25) is 0 Å². The second kappa shape index (κ2) is 6.00. The topological polar surface area (TPSA) is 68.0 Å². The van der Waals surface area contributed by atoms with E-state index >= 15 is 0 Å². The third-order valence-electron chi connectivity index (χ3n) is 3.50. The lowest BCUT2D eigenvalue weighted by molar-refractivity contribution is -0.136. The molecule has 0 amide bonds. The van der Waals surface area contributed by atoms with Crippen molar-refractivity contribution in [1.29, 1.82) is 0 Å². The molecule has 0 unspecified atom stereocenters. The van der Waals surface area contributed by atoms with Crippen LogP contribution in [0.1, 0.15) is 11.1 Å². The second-order valence-corrected chi connectivity index (χ2v) is 5.25. The molecule has 1 heterocycles. The van der Waals surface area contributed by atoms with Gasteiger partial charge in [-0.3, -0.25) is 4.79 Å². The van der Waals surface area contributed by atoms with E-state index in [0.29, 0.717) is 11.3 Å². The van der Waals surface area contributed by atoms with Gasteiger partial charge in [-0.2, -0.15) is 0 Å². The Kier molecular flexibility index (Phi) is 3.89. The van der Waals surface area contributed by atoms with Gasteiger partial charge < -0.3 is 5.11 Å². The molecule has 0 aliphatic carbocycles. The summed E-state index contributed by atoms with van der Waals surface area (Å²) >= 11 is 0. The van der Waals surface area contributed by atoms with Gasteiger partial charge in [0.25, 0.3) is 0 Å². The van der Waals surface area contributed by atoms with Crippen molar-refractivity contribution in [3.05, 3.63) is 65.6 Å². The first-order chi connectivity index (χ1) is 11.0. The summed E-state index contributed by atoms with van der Waals surface area (Å²) in [6, 6.07) is 11.8. The molecule has 3 aromatic rings. The molecule has 23 heavy (non-hydrogen) atoms. The lowest BCUT2D eigenvalue weighted by atomic mass is 10.1. The summed E-state index contributed by atoms with van der Waals surface area (Å²) in [6.07, 6.45) is 1.73. The molecule has 3 rings (SSSR count). The van der Waals surface area contributed by atoms with Gasteiger partial charge in [0, 0.05) is 5.56 Å². The van der Waals surface area contributed by atoms with Crippen molar-refractivity contribution in [2.24, 2.45) is 0 Å². The molecule has 0 aliphatic rings. The molecular weight excluding hydrogens is 297 g/mol. The van der Waals surface area contributed by atoms with Crippen LogP contribution in [0.4, 0.5) is 4.39 Å². The van der Waals surface area contributed by atoms with Gasteiger partial charge >= 0.3 is 5.97 Å². The first-order valence-corrected chi connectivity index (χ1v) is 7.03. The van der Waals surface area contributed by atoms with E-state index < -0.39 is 5.97 Å². The van der Waals surface area contributed by atoms with E-state index in [1.807, 2.05) is 0 Å². The lowest BCUT2D eigenvalue weighted by Gasteiger charge is -2.02. The van der Waals surface area contributed by atoms with Crippen LogP contribution in [0.5, 0.6) is 0 Å². The van der Waals surface area contributed by atoms with Gasteiger partial charge in [0.1, 0.15) is 11.5 Å². The third-order valence-corrected chi connectivity index (χ3v) is 3.50. The predicted octanol–water partition coefficient (Wildman–Crippen LogP) is 3.01. The van der Waals surface area contributed by atoms with Gasteiger partial charge in [0.15, 0.2) is 0 Å². The van der Waals surface area contributed by atoms with Crippen LogP contribution in [-0.2, 0) is 11.2 Å². The summed E-state index contributed by atoms with van der Waals surface area (Å²) < 4.78 is 14.9. The maximum absolute atomic E-state index is 13.3. The van der Waals surface area contributed by atoms with Crippen molar-refractivity contribution in [3.8, 4) is 16.9 Å². The Balaban J connectivity index is 1.86. The van der Waals surface area contributed by atoms with E-state index in [1.165, 1.54) is 6.07 Å². The molecule has 5 nitrogen and oxygen atoms in total. The summed E-state index contributed by atoms with van der Waals surface area (Å²) in [4.78, 5) is 10.7. The summed E-state index contributed by atoms with van der Waals surface area (Å²) in [6.45, 7) is 1.70. The SMILES string of the molecule is Cc1cc(-c2cn(-c3ccc(CC(=O)O)cc3)nn2)ccc1F. The number of aliphatic carboxylic acids is 1. The van der Waals surface area contributed by atoms with Crippen molar-refractivity contribution in [2.75, 3.05) is 0 Å². The van der Waals surface area contributed by atoms with E-state index in [-0.39, 0.29) is 12.2 Å². The Bertz CT molecular complexity index is 857. The molecule has 1 N–H and O–H groups in total. The Morgan fingerprint density at radius 3 is 2.61 bits per heavy atom. The van der Waals surface area contributed by atoms with Crippen molar-refractivity contribution >= 4 is 5.97 Å². The van der Waals surface area contributed by atoms with Gasteiger partial charge in [0.2, 0.25) is 0 Å². The van der Waals surface area contributed by atoms with Crippen LogP contribution in [0.25, 0.3) is 16.9 Å². The molecule has 0 saturated heterocycles. The van der Waals surface area contributed by atoms with E-state index in [2.05, 4.69) is 10.3 Å². The van der Waals surface area contributed by atoms with Gasteiger partial charge in [0.05, 0.1) is 18.3 Å². The Labute approximate surface area is 132 Å². The summed E-state index contributed by atoms with van der Waals surface area (Å²) in [5.41, 5.74) is 3.47. The van der Waals surface area contributed by atoms with E-state index in [4.69, 9.17) is 5.11 Å². The highest BCUT2D eigenvalue weighted by Gasteiger charge is 2.08. The van der Waals surface area contributed by atoms with Crippen LogP contribution in [0, 0.1) is 12.7 Å². The van der Waals surface area contributed by atoms with Crippen molar-refractivity contribution in [2.45, 2.75) is 13.3 Å². The average molecular weight is 311 g/mol. The van der Waals surface area contributed by atoms with Gasteiger partial charge in [-0.05, 0) is 48.4 Å². The second-order valence-electron chi connectivity index (χ2n) is 5.25. The minimum absolute atomic E-state index is 0.0161. The predicted molar refractivity (Wildman–Crippen MR) is 82.8 cm³/mol. The fourth-order valence-corrected chi connectivity index (χ4v) is 2.27. The number of hydrogen-bond acceptors (Lipinski definition) is 3. The third kappa shape index (κ3) is 3.26. The quantitative estimate of drug-likeness (QED) is 0.804. The first kappa shape index (κ1) is 14.9. The Hall–Kier alpha value is -3.02. The zero-order valence-electron chi connectivity index (χ0n) is 12.4. The van der Waals surface area contributed by atoms with E-state index in [0.717, 1.165) is 16.8 Å². The summed E-state index contributed by atoms with van der Waals surface area (Å²) in [5, 5.41) is 16.9. The van der Waals surface area contributed by atoms with Gasteiger partial charge in [-0.1, -0.05) is 17.3 Å². The molecule has 6 heteroatoms. The Morgan fingerprint density at radius 1 is 1.22 bits per heavy atom. The highest BCUT2D eigenvalue weighted by molar-refractivity contribution is 5.70. The lowest BCUT2D eigenvalue weighted by Crippen LogP contribution is -2.00. The van der Waals surface area contributed by atoms with Crippen LogP contribution >= 0.6 is 0 Å². The fraction of sp³-hybridized carbons (Fsp3) is 0.118. The highest BCUT2D eigenvalue weighted by atomic mass is 19.1. The first-order valence-electron chi connectivity index (χ1n) is 7.03. The molecule has 0 radical (unpaired) electrons. The van der Waals surface area contributed by atoms with Crippen LogP contribution < -0.4 is 0 Å². The summed E-state index contributed by atoms with van der Waals surface area (Å²) in [7, 11) is 0. The van der Waals surface area contributed by atoms with E-state index in [1.54, 1.807) is 54.2 Å². The number of halogens is 1. The number of benzene rings is 2. The maximum Gasteiger partial charge on any atom is 0.307 e. The zero-order chi connectivity index (χ0) is 16.4. The number of carboxylic acids is 1. The monoisotopic (exact) mass is 311 g/mol. The normalized spacial score (nSPS) is 10.7. The van der Waals surface area contributed by atoms with Gasteiger partial charge in [-0.25, -0.2) is 9.07 Å². The number of hydrogen-bond donors (Lipinski definition) is 1. The molecule has 0 fully saturated rings. The molecule has 0 aliphatic heterocycles. The maximum atomic E-state index is 13.3. The van der Waals surface area contributed by atoms with Gasteiger partial charge in [-0.15, -0.1) is 5.10 Å². The molecule has 0 atom stereocenters.